The van der Waals surface area contributed by atoms with Crippen LogP contribution in [-0.2, 0) is 11.2 Å². The second-order valence-corrected chi connectivity index (χ2v) is 4.49. The maximum Gasteiger partial charge on any atom is 0.0984 e. The summed E-state index contributed by atoms with van der Waals surface area (Å²) in [4.78, 5) is 2.50. The number of hydrogen-bond acceptors (Lipinski definition) is 2. The van der Waals surface area contributed by atoms with Crippen molar-refractivity contribution in [3.05, 3.63) is 29.8 Å². The summed E-state index contributed by atoms with van der Waals surface area (Å²) in [5.41, 5.74) is 2.95. The number of fused-ring (bicyclic) bond motifs is 1. The van der Waals surface area contributed by atoms with E-state index in [2.05, 4.69) is 29.2 Å². The molecule has 1 aromatic carbocycles. The second kappa shape index (κ2) is 3.86. The Bertz CT molecular complexity index is 346. The molecule has 2 nitrogen and oxygen atoms in total. The summed E-state index contributed by atoms with van der Waals surface area (Å²) < 4.78 is 5.33. The Kier molecular flexibility index (Phi) is 2.37. The van der Waals surface area contributed by atoms with E-state index in [1.54, 1.807) is 0 Å². The van der Waals surface area contributed by atoms with Crippen LogP contribution in [0.1, 0.15) is 18.4 Å². The first-order chi connectivity index (χ1) is 7.43. The zero-order chi connectivity index (χ0) is 10.1. The molecule has 15 heavy (non-hydrogen) atoms. The van der Waals surface area contributed by atoms with Crippen LogP contribution < -0.4 is 4.90 Å². The van der Waals surface area contributed by atoms with Gasteiger partial charge in [0.15, 0.2) is 0 Å². The van der Waals surface area contributed by atoms with Gasteiger partial charge in [-0.05, 0) is 30.9 Å². The number of epoxide rings is 1. The molecule has 1 aromatic rings. The molecule has 2 aliphatic rings. The molecule has 1 atom stereocenters. The molecule has 1 saturated heterocycles. The van der Waals surface area contributed by atoms with E-state index in [0.29, 0.717) is 6.10 Å². The first kappa shape index (κ1) is 9.22. The Balaban J connectivity index is 1.86. The molecule has 0 radical (unpaired) electrons. The molecule has 0 bridgehead atoms. The van der Waals surface area contributed by atoms with Gasteiger partial charge in [0.2, 0.25) is 0 Å². The molecule has 80 valence electrons. The highest BCUT2D eigenvalue weighted by Gasteiger charge is 2.26. The van der Waals surface area contributed by atoms with Gasteiger partial charge in [-0.1, -0.05) is 18.2 Å². The lowest BCUT2D eigenvalue weighted by molar-refractivity contribution is 0.407. The Labute approximate surface area is 90.8 Å². The largest absolute Gasteiger partial charge is 0.371 e. The number of rotatable bonds is 2. The maximum atomic E-state index is 5.33. The fourth-order valence-electron chi connectivity index (χ4n) is 2.38. The van der Waals surface area contributed by atoms with E-state index in [1.807, 2.05) is 0 Å². The third-order valence-electron chi connectivity index (χ3n) is 3.28. The van der Waals surface area contributed by atoms with Crippen molar-refractivity contribution in [1.82, 2.24) is 0 Å². The van der Waals surface area contributed by atoms with Crippen LogP contribution in [0.25, 0.3) is 0 Å². The Morgan fingerprint density at radius 3 is 3.00 bits per heavy atom. The van der Waals surface area contributed by atoms with Crippen LogP contribution in [0.5, 0.6) is 0 Å². The average molecular weight is 203 g/mol. The monoisotopic (exact) mass is 203 g/mol. The van der Waals surface area contributed by atoms with E-state index >= 15 is 0 Å². The maximum absolute atomic E-state index is 5.33. The lowest BCUT2D eigenvalue weighted by Gasteiger charge is -2.23. The fourth-order valence-corrected chi connectivity index (χ4v) is 2.38. The van der Waals surface area contributed by atoms with E-state index < -0.39 is 0 Å². The molecule has 0 saturated carbocycles. The third kappa shape index (κ3) is 2.00. The minimum absolute atomic E-state index is 0.496. The molecule has 0 aliphatic carbocycles. The topological polar surface area (TPSA) is 15.8 Å². The molecular formula is C13H17NO. The van der Waals surface area contributed by atoms with Crippen molar-refractivity contribution in [3.8, 4) is 0 Å². The number of para-hydroxylation sites is 1. The van der Waals surface area contributed by atoms with Crippen molar-refractivity contribution >= 4 is 5.69 Å². The first-order valence-electron chi connectivity index (χ1n) is 5.88. The summed E-state index contributed by atoms with van der Waals surface area (Å²) in [5, 5.41) is 0. The van der Waals surface area contributed by atoms with Crippen molar-refractivity contribution in [2.75, 3.05) is 24.6 Å². The predicted molar refractivity (Wildman–Crippen MR) is 61.3 cm³/mol. The fraction of sp³-hybridized carbons (Fsp3) is 0.538. The normalized spacial score (nSPS) is 24.5. The summed E-state index contributed by atoms with van der Waals surface area (Å²) in [6.45, 7) is 3.23. The van der Waals surface area contributed by atoms with Crippen LogP contribution in [-0.4, -0.2) is 25.8 Å². The van der Waals surface area contributed by atoms with Crippen molar-refractivity contribution < 1.29 is 4.74 Å². The molecule has 0 N–H and O–H groups in total. The summed E-state index contributed by atoms with van der Waals surface area (Å²) in [6.07, 6.45) is 4.36. The number of benzene rings is 1. The lowest BCUT2D eigenvalue weighted by Crippen LogP contribution is -2.28. The van der Waals surface area contributed by atoms with E-state index in [-0.39, 0.29) is 0 Å². The Hall–Kier alpha value is -1.02. The Morgan fingerprint density at radius 1 is 1.27 bits per heavy atom. The number of aryl methyl sites for hydroxylation is 1. The summed E-state index contributed by atoms with van der Waals surface area (Å²) in [5.74, 6) is 0. The standard InChI is InChI=1S/C13H17NO/c1-2-7-13-11(5-1)6-3-4-8-14(13)9-12-10-15-12/h1-2,5,7,12H,3-4,6,8-10H2. The SMILES string of the molecule is c1ccc2c(c1)CCCCN2CC1CO1. The van der Waals surface area contributed by atoms with E-state index in [0.717, 1.165) is 13.2 Å². The molecule has 0 aromatic heterocycles. The Morgan fingerprint density at radius 2 is 2.13 bits per heavy atom. The number of hydrogen-bond donors (Lipinski definition) is 0. The highest BCUT2D eigenvalue weighted by Crippen LogP contribution is 2.27. The zero-order valence-corrected chi connectivity index (χ0v) is 8.98. The van der Waals surface area contributed by atoms with Gasteiger partial charge in [0.1, 0.15) is 0 Å². The third-order valence-corrected chi connectivity index (χ3v) is 3.28. The van der Waals surface area contributed by atoms with Gasteiger partial charge in [-0.2, -0.15) is 0 Å². The van der Waals surface area contributed by atoms with Crippen LogP contribution >= 0.6 is 0 Å². The van der Waals surface area contributed by atoms with Gasteiger partial charge < -0.3 is 9.64 Å². The van der Waals surface area contributed by atoms with Crippen LogP contribution in [0.3, 0.4) is 0 Å². The van der Waals surface area contributed by atoms with Crippen molar-refractivity contribution in [1.29, 1.82) is 0 Å². The van der Waals surface area contributed by atoms with E-state index in [9.17, 15) is 0 Å². The van der Waals surface area contributed by atoms with Gasteiger partial charge >= 0.3 is 0 Å². The molecule has 0 amide bonds. The predicted octanol–water partition coefficient (Wildman–Crippen LogP) is 2.23. The molecule has 1 unspecified atom stereocenters. The lowest BCUT2D eigenvalue weighted by atomic mass is 10.1. The molecular weight excluding hydrogens is 186 g/mol. The quantitative estimate of drug-likeness (QED) is 0.685. The first-order valence-corrected chi connectivity index (χ1v) is 5.88. The number of anilines is 1. The van der Waals surface area contributed by atoms with Crippen LogP contribution in [0, 0.1) is 0 Å². The van der Waals surface area contributed by atoms with Gasteiger partial charge in [0, 0.05) is 18.8 Å². The molecule has 2 heterocycles. The summed E-state index contributed by atoms with van der Waals surface area (Å²) in [6, 6.07) is 8.81. The zero-order valence-electron chi connectivity index (χ0n) is 8.98. The molecule has 2 aliphatic heterocycles. The summed E-state index contributed by atoms with van der Waals surface area (Å²) >= 11 is 0. The van der Waals surface area contributed by atoms with E-state index in [1.165, 1.54) is 37.1 Å². The highest BCUT2D eigenvalue weighted by atomic mass is 16.6. The van der Waals surface area contributed by atoms with Crippen molar-refractivity contribution in [2.45, 2.75) is 25.4 Å². The number of nitrogens with zero attached hydrogens (tertiary/aromatic N) is 1. The van der Waals surface area contributed by atoms with Crippen LogP contribution in [0.2, 0.25) is 0 Å². The summed E-state index contributed by atoms with van der Waals surface area (Å²) in [7, 11) is 0. The minimum atomic E-state index is 0.496. The highest BCUT2D eigenvalue weighted by molar-refractivity contribution is 5.54. The smallest absolute Gasteiger partial charge is 0.0984 e. The van der Waals surface area contributed by atoms with Gasteiger partial charge in [-0.3, -0.25) is 0 Å². The molecule has 1 fully saturated rings. The van der Waals surface area contributed by atoms with Gasteiger partial charge in [0.05, 0.1) is 12.7 Å². The van der Waals surface area contributed by atoms with Crippen molar-refractivity contribution in [2.24, 2.45) is 0 Å². The minimum Gasteiger partial charge on any atom is -0.371 e. The van der Waals surface area contributed by atoms with E-state index in [4.69, 9.17) is 4.74 Å². The number of ether oxygens (including phenoxy) is 1. The second-order valence-electron chi connectivity index (χ2n) is 4.49. The van der Waals surface area contributed by atoms with Gasteiger partial charge in [-0.25, -0.2) is 0 Å². The van der Waals surface area contributed by atoms with Crippen LogP contribution in [0.15, 0.2) is 24.3 Å². The van der Waals surface area contributed by atoms with Crippen molar-refractivity contribution in [3.63, 3.8) is 0 Å². The molecule has 2 heteroatoms. The van der Waals surface area contributed by atoms with Crippen LogP contribution in [0.4, 0.5) is 5.69 Å². The molecule has 3 rings (SSSR count). The molecule has 0 spiro atoms. The average Bonchev–Trinajstić information content (AvgIpc) is 3.07. The van der Waals surface area contributed by atoms with Gasteiger partial charge in [0.25, 0.3) is 0 Å². The van der Waals surface area contributed by atoms with Gasteiger partial charge in [-0.15, -0.1) is 0 Å².